The minimum atomic E-state index is 0.657. The zero-order chi connectivity index (χ0) is 15.9. The van der Waals surface area contributed by atoms with Crippen molar-refractivity contribution in [3.63, 3.8) is 0 Å². The summed E-state index contributed by atoms with van der Waals surface area (Å²) in [6.45, 7) is 0.706. The van der Waals surface area contributed by atoms with Crippen LogP contribution in [0.5, 0.6) is 0 Å². The number of fused-ring (bicyclic) bond motifs is 1. The lowest BCUT2D eigenvalue weighted by Gasteiger charge is -2.24. The number of amidine groups is 1. The average molecular weight is 319 g/mol. The number of nitrogens with zero attached hydrogens (tertiary/aromatic N) is 5. The van der Waals surface area contributed by atoms with Crippen molar-refractivity contribution in [1.82, 2.24) is 20.1 Å². The highest BCUT2D eigenvalue weighted by Gasteiger charge is 2.37. The molecule has 5 rings (SSSR count). The Morgan fingerprint density at radius 3 is 3.12 bits per heavy atom. The van der Waals surface area contributed by atoms with Crippen molar-refractivity contribution in [2.75, 3.05) is 16.8 Å². The van der Waals surface area contributed by atoms with Crippen LogP contribution in [0.4, 0.5) is 11.5 Å². The zero-order valence-electron chi connectivity index (χ0n) is 13.1. The molecule has 0 bridgehead atoms. The SMILES string of the molecule is C1=C[N+]2C(Nc3cc(C4CC4)[nH]n3)=CN(c3cccnc3)CC2=N1. The van der Waals surface area contributed by atoms with Crippen molar-refractivity contribution in [3.8, 4) is 0 Å². The lowest BCUT2D eigenvalue weighted by molar-refractivity contribution is 0.814. The van der Waals surface area contributed by atoms with Crippen LogP contribution in [0.15, 0.2) is 60.0 Å². The summed E-state index contributed by atoms with van der Waals surface area (Å²) in [7, 11) is 0. The molecule has 3 aliphatic rings. The summed E-state index contributed by atoms with van der Waals surface area (Å²) in [5.74, 6) is 3.38. The average Bonchev–Trinajstić information content (AvgIpc) is 3.17. The maximum atomic E-state index is 4.46. The molecular formula is C17H17N7+. The van der Waals surface area contributed by atoms with Crippen LogP contribution in [0.2, 0.25) is 0 Å². The number of rotatable bonds is 4. The van der Waals surface area contributed by atoms with Gasteiger partial charge in [0.2, 0.25) is 0 Å². The van der Waals surface area contributed by atoms with Gasteiger partial charge in [0.05, 0.1) is 24.3 Å². The van der Waals surface area contributed by atoms with E-state index in [0.29, 0.717) is 12.5 Å². The predicted octanol–water partition coefficient (Wildman–Crippen LogP) is 2.44. The van der Waals surface area contributed by atoms with Crippen LogP contribution in [0, 0.1) is 0 Å². The molecule has 2 aromatic heterocycles. The Hall–Kier alpha value is -2.93. The molecule has 7 heteroatoms. The second kappa shape index (κ2) is 5.31. The standard InChI is InChI=1S/C17H17N7/c1-2-13(9-18-5-1)23-10-16-19-6-7-24(16)17(11-23)20-15-8-14(21-22-15)12-3-4-12/h1-2,5-9,11-12H,3-4,10H2,(H2,20,21,22)/q+1. The molecular weight excluding hydrogens is 302 g/mol. The van der Waals surface area contributed by atoms with Crippen LogP contribution >= 0.6 is 0 Å². The van der Waals surface area contributed by atoms with Crippen LogP contribution in [-0.4, -0.2) is 27.6 Å². The number of hydrogen-bond acceptors (Lipinski definition) is 6. The topological polar surface area (TPSA) is 75.1 Å². The van der Waals surface area contributed by atoms with Crippen molar-refractivity contribution in [1.29, 1.82) is 0 Å². The number of anilines is 2. The van der Waals surface area contributed by atoms with E-state index in [9.17, 15) is 0 Å². The lowest BCUT2D eigenvalue weighted by atomic mass is 10.3. The van der Waals surface area contributed by atoms with Gasteiger partial charge in [-0.15, -0.1) is 0 Å². The second-order valence-electron chi connectivity index (χ2n) is 6.17. The summed E-state index contributed by atoms with van der Waals surface area (Å²) in [6.07, 6.45) is 12.0. The molecule has 1 radical (unpaired) electrons. The van der Waals surface area contributed by atoms with Gasteiger partial charge >= 0.3 is 0 Å². The Labute approximate surface area is 139 Å². The van der Waals surface area contributed by atoms with Crippen LogP contribution < -0.4 is 15.1 Å². The van der Waals surface area contributed by atoms with Crippen molar-refractivity contribution < 1.29 is 0 Å². The highest BCUT2D eigenvalue weighted by molar-refractivity contribution is 5.95. The van der Waals surface area contributed by atoms with Gasteiger partial charge in [-0.25, -0.2) is 0 Å². The summed E-state index contributed by atoms with van der Waals surface area (Å²) < 4.78 is 0. The number of aromatic amines is 1. The first-order chi connectivity index (χ1) is 11.9. The van der Waals surface area contributed by atoms with E-state index in [1.54, 1.807) is 6.20 Å². The minimum absolute atomic E-state index is 0.657. The molecule has 0 spiro atoms. The van der Waals surface area contributed by atoms with E-state index in [1.807, 2.05) is 30.7 Å². The van der Waals surface area contributed by atoms with Gasteiger partial charge in [-0.05, 0) is 29.9 Å². The highest BCUT2D eigenvalue weighted by atomic mass is 15.4. The van der Waals surface area contributed by atoms with Gasteiger partial charge in [-0.2, -0.15) is 10.1 Å². The molecule has 0 atom stereocenters. The summed E-state index contributed by atoms with van der Waals surface area (Å²) in [4.78, 5) is 12.9. The van der Waals surface area contributed by atoms with E-state index in [4.69, 9.17) is 0 Å². The number of H-pyrrole nitrogens is 1. The van der Waals surface area contributed by atoms with E-state index in [-0.39, 0.29) is 0 Å². The number of nitrogens with one attached hydrogen (secondary N) is 2. The van der Waals surface area contributed by atoms with Gasteiger partial charge < -0.3 is 4.90 Å². The van der Waals surface area contributed by atoms with Crippen molar-refractivity contribution in [3.05, 3.63) is 60.7 Å². The Kier molecular flexibility index (Phi) is 2.99. The Bertz CT molecular complexity index is 845. The normalized spacial score (nSPS) is 19.9. The van der Waals surface area contributed by atoms with Crippen LogP contribution in [0.3, 0.4) is 0 Å². The summed E-state index contributed by atoms with van der Waals surface area (Å²) in [5, 5.41) is 10.9. The van der Waals surface area contributed by atoms with E-state index in [1.165, 1.54) is 18.5 Å². The Morgan fingerprint density at radius 2 is 2.29 bits per heavy atom. The third kappa shape index (κ3) is 2.39. The van der Waals surface area contributed by atoms with E-state index in [0.717, 1.165) is 23.2 Å². The van der Waals surface area contributed by atoms with Crippen LogP contribution in [0.1, 0.15) is 24.5 Å². The number of aromatic nitrogens is 3. The van der Waals surface area contributed by atoms with Gasteiger partial charge in [-0.1, -0.05) is 0 Å². The monoisotopic (exact) mass is 319 g/mol. The van der Waals surface area contributed by atoms with Gasteiger partial charge in [0.25, 0.3) is 11.7 Å². The van der Waals surface area contributed by atoms with Gasteiger partial charge in [0.15, 0.2) is 12.0 Å². The summed E-state index contributed by atoms with van der Waals surface area (Å²) in [5.41, 5.74) is 2.25. The first kappa shape index (κ1) is 13.5. The van der Waals surface area contributed by atoms with Crippen LogP contribution in [-0.2, 0) is 0 Å². The molecule has 119 valence electrons. The third-order valence-corrected chi connectivity index (χ3v) is 4.42. The molecule has 7 nitrogen and oxygen atoms in total. The predicted molar refractivity (Wildman–Crippen MR) is 92.6 cm³/mol. The molecule has 1 fully saturated rings. The molecule has 0 unspecified atom stereocenters. The lowest BCUT2D eigenvalue weighted by Crippen LogP contribution is -2.45. The first-order valence-corrected chi connectivity index (χ1v) is 8.10. The van der Waals surface area contributed by atoms with Crippen molar-refractivity contribution in [2.24, 2.45) is 4.99 Å². The molecule has 1 saturated carbocycles. The van der Waals surface area contributed by atoms with Crippen molar-refractivity contribution >= 4 is 17.3 Å². The number of aliphatic imine (C=N–C) groups is 1. The van der Waals surface area contributed by atoms with E-state index < -0.39 is 0 Å². The fourth-order valence-electron chi connectivity index (χ4n) is 3.00. The molecule has 4 heterocycles. The Balaban J connectivity index is 1.45. The Morgan fingerprint density at radius 1 is 1.33 bits per heavy atom. The fraction of sp³-hybridized carbons (Fsp3) is 0.235. The van der Waals surface area contributed by atoms with Gasteiger partial charge in [0.1, 0.15) is 6.54 Å². The fourth-order valence-corrected chi connectivity index (χ4v) is 3.00. The molecule has 1 aliphatic carbocycles. The van der Waals surface area contributed by atoms with Crippen LogP contribution in [0.25, 0.3) is 0 Å². The third-order valence-electron chi connectivity index (χ3n) is 4.42. The van der Waals surface area contributed by atoms with Gasteiger partial charge in [0, 0.05) is 23.9 Å². The zero-order valence-corrected chi connectivity index (χ0v) is 13.1. The minimum Gasteiger partial charge on any atom is -0.328 e. The maximum absolute atomic E-state index is 4.46. The molecule has 2 aliphatic heterocycles. The number of pyridine rings is 1. The first-order valence-electron chi connectivity index (χ1n) is 8.10. The van der Waals surface area contributed by atoms with E-state index >= 15 is 0 Å². The molecule has 2 N–H and O–H groups in total. The molecule has 0 aromatic carbocycles. The molecule has 2 aromatic rings. The molecule has 24 heavy (non-hydrogen) atoms. The molecule has 0 saturated heterocycles. The number of hydrogen-bond donors (Lipinski definition) is 2. The summed E-state index contributed by atoms with van der Waals surface area (Å²) >= 11 is 0. The summed E-state index contributed by atoms with van der Waals surface area (Å²) in [6, 6.07) is 6.07. The smallest absolute Gasteiger partial charge is 0.284 e. The molecule has 0 amide bonds. The largest absolute Gasteiger partial charge is 0.328 e. The second-order valence-corrected chi connectivity index (χ2v) is 6.17. The van der Waals surface area contributed by atoms with Crippen molar-refractivity contribution in [2.45, 2.75) is 18.8 Å². The quantitative estimate of drug-likeness (QED) is 0.849. The van der Waals surface area contributed by atoms with E-state index in [2.05, 4.69) is 47.6 Å². The van der Waals surface area contributed by atoms with Gasteiger partial charge in [-0.3, -0.25) is 15.4 Å². The maximum Gasteiger partial charge on any atom is 0.284 e. The highest BCUT2D eigenvalue weighted by Crippen LogP contribution is 2.39.